The number of carboxylic acid groups (broad SMARTS) is 1. The molecule has 0 aliphatic heterocycles. The van der Waals surface area contributed by atoms with Gasteiger partial charge in [-0.1, -0.05) is 32.4 Å². The van der Waals surface area contributed by atoms with Crippen LogP contribution in [0, 0.1) is 0 Å². The summed E-state index contributed by atoms with van der Waals surface area (Å²) in [6.07, 6.45) is 2.74. The fourth-order valence-corrected chi connectivity index (χ4v) is 0.984. The predicted octanol–water partition coefficient (Wildman–Crippen LogP) is 1.54. The molecule has 0 aromatic heterocycles. The van der Waals surface area contributed by atoms with E-state index < -0.39 is 18.1 Å². The van der Waals surface area contributed by atoms with Crippen molar-refractivity contribution < 1.29 is 19.4 Å². The summed E-state index contributed by atoms with van der Waals surface area (Å²) >= 11 is 0. The second-order valence-electron chi connectivity index (χ2n) is 3.06. The fourth-order valence-electron chi connectivity index (χ4n) is 0.984. The van der Waals surface area contributed by atoms with Crippen molar-refractivity contribution in [3.63, 3.8) is 0 Å². The lowest BCUT2D eigenvalue weighted by molar-refractivity contribution is -0.139. The molecule has 0 saturated heterocycles. The van der Waals surface area contributed by atoms with Crippen molar-refractivity contribution in [2.75, 3.05) is 6.61 Å². The molecule has 0 fully saturated rings. The van der Waals surface area contributed by atoms with E-state index in [2.05, 4.69) is 16.6 Å². The van der Waals surface area contributed by atoms with Crippen molar-refractivity contribution >= 4 is 12.1 Å². The van der Waals surface area contributed by atoms with Gasteiger partial charge in [0.25, 0.3) is 0 Å². The third kappa shape index (κ3) is 6.54. The van der Waals surface area contributed by atoms with Gasteiger partial charge in [0.1, 0.15) is 12.6 Å². The second kappa shape index (κ2) is 7.84. The van der Waals surface area contributed by atoms with Crippen LogP contribution in [-0.4, -0.2) is 29.8 Å². The summed E-state index contributed by atoms with van der Waals surface area (Å²) in [5, 5.41) is 11.1. The van der Waals surface area contributed by atoms with Crippen LogP contribution in [0.15, 0.2) is 12.7 Å². The molecule has 1 amide bonds. The Kier molecular flexibility index (Phi) is 7.05. The number of amides is 1. The van der Waals surface area contributed by atoms with Gasteiger partial charge in [-0.15, -0.1) is 0 Å². The first-order valence-corrected chi connectivity index (χ1v) is 4.88. The topological polar surface area (TPSA) is 75.6 Å². The molecule has 0 aliphatic rings. The Morgan fingerprint density at radius 1 is 1.60 bits per heavy atom. The van der Waals surface area contributed by atoms with Crippen LogP contribution in [0.5, 0.6) is 0 Å². The highest BCUT2D eigenvalue weighted by atomic mass is 16.5. The molecule has 5 nitrogen and oxygen atoms in total. The Balaban J connectivity index is 3.98. The number of ether oxygens (including phenoxy) is 1. The lowest BCUT2D eigenvalue weighted by Crippen LogP contribution is -2.41. The maximum Gasteiger partial charge on any atom is 0.408 e. The summed E-state index contributed by atoms with van der Waals surface area (Å²) in [5.41, 5.74) is 0. The molecule has 0 saturated carbocycles. The van der Waals surface area contributed by atoms with Crippen molar-refractivity contribution in [3.8, 4) is 0 Å². The van der Waals surface area contributed by atoms with Crippen LogP contribution in [0.2, 0.25) is 0 Å². The first kappa shape index (κ1) is 13.5. The first-order valence-electron chi connectivity index (χ1n) is 4.88. The summed E-state index contributed by atoms with van der Waals surface area (Å²) in [4.78, 5) is 21.8. The zero-order valence-electron chi connectivity index (χ0n) is 8.86. The lowest BCUT2D eigenvalue weighted by atomic mass is 10.1. The molecule has 0 heterocycles. The lowest BCUT2D eigenvalue weighted by Gasteiger charge is -2.13. The summed E-state index contributed by atoms with van der Waals surface area (Å²) in [6.45, 7) is 5.40. The molecule has 2 N–H and O–H groups in total. The van der Waals surface area contributed by atoms with Gasteiger partial charge in [-0.25, -0.2) is 9.59 Å². The Bertz CT molecular complexity index is 227. The zero-order chi connectivity index (χ0) is 11.7. The fraction of sp³-hybridized carbons (Fsp3) is 0.600. The van der Waals surface area contributed by atoms with Gasteiger partial charge in [0.15, 0.2) is 0 Å². The Morgan fingerprint density at radius 2 is 2.27 bits per heavy atom. The minimum Gasteiger partial charge on any atom is -0.480 e. The predicted molar refractivity (Wildman–Crippen MR) is 55.6 cm³/mol. The highest BCUT2D eigenvalue weighted by molar-refractivity contribution is 5.79. The summed E-state index contributed by atoms with van der Waals surface area (Å²) in [5.74, 6) is -1.04. The molecule has 0 aromatic carbocycles. The van der Waals surface area contributed by atoms with Gasteiger partial charge in [-0.05, 0) is 6.42 Å². The summed E-state index contributed by atoms with van der Waals surface area (Å²) in [7, 11) is 0. The van der Waals surface area contributed by atoms with E-state index in [9.17, 15) is 9.59 Å². The molecule has 0 spiro atoms. The van der Waals surface area contributed by atoms with Crippen LogP contribution >= 0.6 is 0 Å². The standard InChI is InChI=1S/C10H17NO4/c1-3-5-6-8(9(12)13)11-10(14)15-7-4-2/h4,8H,2-3,5-7H2,1H3,(H,11,14)(H,12,13)/t8-/m1/s1. The minimum atomic E-state index is -1.04. The maximum atomic E-state index is 11.0. The van der Waals surface area contributed by atoms with Crippen LogP contribution in [0.25, 0.3) is 0 Å². The number of nitrogens with one attached hydrogen (secondary N) is 1. The smallest absolute Gasteiger partial charge is 0.408 e. The SMILES string of the molecule is C=CCOC(=O)N[C@H](CCCC)C(=O)O. The molecule has 0 rings (SSSR count). The molecule has 0 aromatic rings. The van der Waals surface area contributed by atoms with E-state index in [0.29, 0.717) is 6.42 Å². The first-order chi connectivity index (χ1) is 7.11. The van der Waals surface area contributed by atoms with Gasteiger partial charge >= 0.3 is 12.1 Å². The van der Waals surface area contributed by atoms with Crippen molar-refractivity contribution in [1.82, 2.24) is 5.32 Å². The Labute approximate surface area is 89.1 Å². The number of hydrogen-bond donors (Lipinski definition) is 2. The number of carbonyl (C=O) groups excluding carboxylic acids is 1. The summed E-state index contributed by atoms with van der Waals surface area (Å²) < 4.78 is 4.62. The van der Waals surface area contributed by atoms with Gasteiger partial charge in [0, 0.05) is 0 Å². The molecule has 5 heteroatoms. The number of unbranched alkanes of at least 4 members (excludes halogenated alkanes) is 1. The third-order valence-electron chi connectivity index (χ3n) is 1.77. The minimum absolute atomic E-state index is 0.0753. The molecule has 0 bridgehead atoms. The van der Waals surface area contributed by atoms with E-state index in [1.807, 2.05) is 6.92 Å². The van der Waals surface area contributed by atoms with E-state index in [-0.39, 0.29) is 6.61 Å². The monoisotopic (exact) mass is 215 g/mol. The number of carboxylic acids is 1. The van der Waals surface area contributed by atoms with Crippen molar-refractivity contribution in [2.24, 2.45) is 0 Å². The van der Waals surface area contributed by atoms with Crippen molar-refractivity contribution in [2.45, 2.75) is 32.2 Å². The van der Waals surface area contributed by atoms with Gasteiger partial charge < -0.3 is 15.2 Å². The second-order valence-corrected chi connectivity index (χ2v) is 3.06. The zero-order valence-corrected chi connectivity index (χ0v) is 8.86. The molecule has 86 valence electrons. The van der Waals surface area contributed by atoms with Gasteiger partial charge in [-0.2, -0.15) is 0 Å². The number of hydrogen-bond acceptors (Lipinski definition) is 3. The Morgan fingerprint density at radius 3 is 2.73 bits per heavy atom. The quantitative estimate of drug-likeness (QED) is 0.632. The molecule has 15 heavy (non-hydrogen) atoms. The highest BCUT2D eigenvalue weighted by Crippen LogP contribution is 2.01. The number of carbonyl (C=O) groups is 2. The maximum absolute atomic E-state index is 11.0. The van der Waals surface area contributed by atoms with Crippen LogP contribution < -0.4 is 5.32 Å². The number of rotatable bonds is 7. The van der Waals surface area contributed by atoms with Gasteiger partial charge in [-0.3, -0.25) is 0 Å². The molecular formula is C10H17NO4. The van der Waals surface area contributed by atoms with Crippen molar-refractivity contribution in [3.05, 3.63) is 12.7 Å². The van der Waals surface area contributed by atoms with E-state index in [4.69, 9.17) is 5.11 Å². The van der Waals surface area contributed by atoms with Crippen LogP contribution in [0.4, 0.5) is 4.79 Å². The Hall–Kier alpha value is -1.52. The molecule has 0 aliphatic carbocycles. The molecular weight excluding hydrogens is 198 g/mol. The highest BCUT2D eigenvalue weighted by Gasteiger charge is 2.19. The third-order valence-corrected chi connectivity index (χ3v) is 1.77. The van der Waals surface area contributed by atoms with Gasteiger partial charge in [0.05, 0.1) is 0 Å². The van der Waals surface area contributed by atoms with Crippen LogP contribution in [0.1, 0.15) is 26.2 Å². The molecule has 0 unspecified atom stereocenters. The van der Waals surface area contributed by atoms with Crippen molar-refractivity contribution in [1.29, 1.82) is 0 Å². The van der Waals surface area contributed by atoms with E-state index >= 15 is 0 Å². The summed E-state index contributed by atoms with van der Waals surface area (Å²) in [6, 6.07) is -0.873. The van der Waals surface area contributed by atoms with E-state index in [1.54, 1.807) is 0 Å². The van der Waals surface area contributed by atoms with E-state index in [0.717, 1.165) is 12.8 Å². The van der Waals surface area contributed by atoms with Crippen LogP contribution in [-0.2, 0) is 9.53 Å². The van der Waals surface area contributed by atoms with Crippen LogP contribution in [0.3, 0.4) is 0 Å². The normalized spacial score (nSPS) is 11.5. The average molecular weight is 215 g/mol. The molecule has 0 radical (unpaired) electrons. The molecule has 1 atom stereocenters. The van der Waals surface area contributed by atoms with E-state index in [1.165, 1.54) is 6.08 Å². The number of alkyl carbamates (subject to hydrolysis) is 1. The average Bonchev–Trinajstić information content (AvgIpc) is 2.20. The van der Waals surface area contributed by atoms with Gasteiger partial charge in [0.2, 0.25) is 0 Å². The number of aliphatic carboxylic acids is 1. The largest absolute Gasteiger partial charge is 0.480 e.